The van der Waals surface area contributed by atoms with Gasteiger partial charge in [0.05, 0.1) is 5.75 Å². The molecule has 0 aliphatic carbocycles. The van der Waals surface area contributed by atoms with Crippen molar-refractivity contribution >= 4 is 17.5 Å². The molecule has 14 heavy (non-hydrogen) atoms. The van der Waals surface area contributed by atoms with Crippen molar-refractivity contribution < 1.29 is 13.6 Å². The second-order valence-electron chi connectivity index (χ2n) is 2.78. The van der Waals surface area contributed by atoms with Gasteiger partial charge in [0.15, 0.2) is 5.78 Å². The average molecular weight is 216 g/mol. The van der Waals surface area contributed by atoms with Crippen molar-refractivity contribution in [3.05, 3.63) is 29.8 Å². The zero-order chi connectivity index (χ0) is 10.6. The minimum Gasteiger partial charge on any atom is -0.295 e. The van der Waals surface area contributed by atoms with Gasteiger partial charge in [0.25, 0.3) is 0 Å². The molecule has 0 N–H and O–H groups in total. The van der Waals surface area contributed by atoms with Crippen LogP contribution in [0.2, 0.25) is 0 Å². The highest BCUT2D eigenvalue weighted by Crippen LogP contribution is 2.20. The summed E-state index contributed by atoms with van der Waals surface area (Å²) in [5, 5.41) is 0. The smallest absolute Gasteiger partial charge is 0.247 e. The average Bonchev–Trinajstić information content (AvgIpc) is 2.15. The summed E-state index contributed by atoms with van der Waals surface area (Å²) in [6.07, 6.45) is -2.30. The molecule has 0 fully saturated rings. The minimum absolute atomic E-state index is 0.0181. The number of carbonyl (C=O) groups excluding carboxylic acids is 1. The van der Waals surface area contributed by atoms with Crippen LogP contribution < -0.4 is 0 Å². The van der Waals surface area contributed by atoms with Crippen molar-refractivity contribution in [2.45, 2.75) is 18.2 Å². The number of alkyl halides is 2. The predicted molar refractivity (Wildman–Crippen MR) is 53.2 cm³/mol. The van der Waals surface area contributed by atoms with Gasteiger partial charge in [-0.15, -0.1) is 11.8 Å². The highest BCUT2D eigenvalue weighted by molar-refractivity contribution is 7.99. The van der Waals surface area contributed by atoms with Crippen molar-refractivity contribution in [2.24, 2.45) is 0 Å². The van der Waals surface area contributed by atoms with Crippen LogP contribution in [0.5, 0.6) is 0 Å². The summed E-state index contributed by atoms with van der Waals surface area (Å²) in [5.41, 5.74) is 0.603. The molecule has 4 heteroatoms. The molecule has 0 spiro atoms. The van der Waals surface area contributed by atoms with E-state index in [2.05, 4.69) is 0 Å². The molecule has 0 saturated heterocycles. The molecule has 0 aromatic heterocycles. The van der Waals surface area contributed by atoms with Gasteiger partial charge in [-0.1, -0.05) is 12.1 Å². The lowest BCUT2D eigenvalue weighted by Gasteiger charge is -2.01. The van der Waals surface area contributed by atoms with Crippen molar-refractivity contribution in [1.82, 2.24) is 0 Å². The maximum Gasteiger partial charge on any atom is 0.247 e. The van der Waals surface area contributed by atoms with Crippen molar-refractivity contribution in [3.8, 4) is 0 Å². The third-order valence-electron chi connectivity index (χ3n) is 1.64. The fraction of sp³-hybridized carbons (Fsp3) is 0.300. The zero-order valence-electron chi connectivity index (χ0n) is 7.67. The summed E-state index contributed by atoms with van der Waals surface area (Å²) >= 11 is 1.09. The van der Waals surface area contributed by atoms with E-state index in [1.54, 1.807) is 24.3 Å². The van der Waals surface area contributed by atoms with Gasteiger partial charge in [0, 0.05) is 10.5 Å². The topological polar surface area (TPSA) is 17.1 Å². The standard InChI is InChI=1S/C10H10F2OS/c1-7(13)8-2-4-9(5-3-8)14-6-10(11)12/h2-5,10H,6H2,1H3. The molecule has 0 aliphatic rings. The molecule has 0 saturated carbocycles. The molecular formula is C10H10F2OS. The summed E-state index contributed by atoms with van der Waals surface area (Å²) in [4.78, 5) is 11.7. The number of benzene rings is 1. The van der Waals surface area contributed by atoms with Crippen molar-refractivity contribution in [1.29, 1.82) is 0 Å². The minimum atomic E-state index is -2.30. The van der Waals surface area contributed by atoms with Crippen LogP contribution in [-0.4, -0.2) is 18.0 Å². The monoisotopic (exact) mass is 216 g/mol. The molecule has 1 aromatic rings. The lowest BCUT2D eigenvalue weighted by Crippen LogP contribution is -1.94. The second kappa shape index (κ2) is 5.10. The lowest BCUT2D eigenvalue weighted by molar-refractivity contribution is 0.101. The van der Waals surface area contributed by atoms with Gasteiger partial charge in [0.1, 0.15) is 0 Å². The van der Waals surface area contributed by atoms with E-state index >= 15 is 0 Å². The number of carbonyl (C=O) groups is 1. The number of Topliss-reactive ketones (excluding diaryl/α,β-unsaturated/α-hetero) is 1. The molecule has 1 nitrogen and oxygen atoms in total. The van der Waals surface area contributed by atoms with Gasteiger partial charge in [-0.3, -0.25) is 4.79 Å². The number of hydrogen-bond donors (Lipinski definition) is 0. The van der Waals surface area contributed by atoms with E-state index in [0.29, 0.717) is 5.56 Å². The van der Waals surface area contributed by atoms with E-state index in [1.807, 2.05) is 0 Å². The Kier molecular flexibility index (Phi) is 4.07. The second-order valence-corrected chi connectivity index (χ2v) is 3.88. The molecule has 0 unspecified atom stereocenters. The SMILES string of the molecule is CC(=O)c1ccc(SCC(F)F)cc1. The number of halogens is 2. The number of thioether (sulfide) groups is 1. The van der Waals surface area contributed by atoms with E-state index < -0.39 is 6.43 Å². The molecule has 0 amide bonds. The summed E-state index contributed by atoms with van der Waals surface area (Å²) in [6.45, 7) is 1.47. The Balaban J connectivity index is 2.60. The summed E-state index contributed by atoms with van der Waals surface area (Å²) in [6, 6.07) is 6.67. The van der Waals surface area contributed by atoms with Crippen LogP contribution in [0.1, 0.15) is 17.3 Å². The van der Waals surface area contributed by atoms with E-state index in [1.165, 1.54) is 6.92 Å². The van der Waals surface area contributed by atoms with Gasteiger partial charge >= 0.3 is 0 Å². The normalized spacial score (nSPS) is 10.6. The maximum absolute atomic E-state index is 11.9. The molecule has 0 heterocycles. The molecular weight excluding hydrogens is 206 g/mol. The highest BCUT2D eigenvalue weighted by Gasteiger charge is 2.04. The third-order valence-corrected chi connectivity index (χ3v) is 2.66. The van der Waals surface area contributed by atoms with Crippen LogP contribution in [0, 0.1) is 0 Å². The first-order valence-electron chi connectivity index (χ1n) is 4.11. The summed E-state index contributed by atoms with van der Waals surface area (Å²) in [7, 11) is 0. The maximum atomic E-state index is 11.9. The van der Waals surface area contributed by atoms with Crippen LogP contribution in [-0.2, 0) is 0 Å². The van der Waals surface area contributed by atoms with E-state index in [0.717, 1.165) is 16.7 Å². The van der Waals surface area contributed by atoms with E-state index in [4.69, 9.17) is 0 Å². The first kappa shape index (κ1) is 11.2. The van der Waals surface area contributed by atoms with Crippen LogP contribution in [0.25, 0.3) is 0 Å². The lowest BCUT2D eigenvalue weighted by atomic mass is 10.2. The van der Waals surface area contributed by atoms with Gasteiger partial charge in [-0.25, -0.2) is 8.78 Å². The van der Waals surface area contributed by atoms with Crippen LogP contribution in [0.3, 0.4) is 0 Å². The fourth-order valence-electron chi connectivity index (χ4n) is 0.945. The Morgan fingerprint density at radius 3 is 2.36 bits per heavy atom. The predicted octanol–water partition coefficient (Wildman–Crippen LogP) is 3.25. The number of hydrogen-bond acceptors (Lipinski definition) is 2. The zero-order valence-corrected chi connectivity index (χ0v) is 8.48. The van der Waals surface area contributed by atoms with Crippen LogP contribution in [0.15, 0.2) is 29.2 Å². The molecule has 1 aromatic carbocycles. The Bertz CT molecular complexity index is 308. The van der Waals surface area contributed by atoms with E-state index in [9.17, 15) is 13.6 Å². The molecule has 0 bridgehead atoms. The van der Waals surface area contributed by atoms with Crippen LogP contribution >= 0.6 is 11.8 Å². The fourth-order valence-corrected chi connectivity index (χ4v) is 1.59. The highest BCUT2D eigenvalue weighted by atomic mass is 32.2. The van der Waals surface area contributed by atoms with Gasteiger partial charge in [-0.05, 0) is 19.1 Å². The first-order chi connectivity index (χ1) is 6.59. The van der Waals surface area contributed by atoms with E-state index in [-0.39, 0.29) is 11.5 Å². The third kappa shape index (κ3) is 3.46. The van der Waals surface area contributed by atoms with Gasteiger partial charge in [0.2, 0.25) is 6.43 Å². The van der Waals surface area contributed by atoms with Crippen LogP contribution in [0.4, 0.5) is 8.78 Å². The van der Waals surface area contributed by atoms with Crippen molar-refractivity contribution in [2.75, 3.05) is 5.75 Å². The Morgan fingerprint density at radius 2 is 1.93 bits per heavy atom. The Hall–Kier alpha value is -0.900. The molecule has 0 atom stereocenters. The Morgan fingerprint density at radius 1 is 1.36 bits per heavy atom. The largest absolute Gasteiger partial charge is 0.295 e. The molecule has 1 rings (SSSR count). The number of rotatable bonds is 4. The quantitative estimate of drug-likeness (QED) is 0.567. The number of ketones is 1. The summed E-state index contributed by atoms with van der Waals surface area (Å²) in [5.74, 6) is -0.227. The molecule has 76 valence electrons. The molecule has 0 aliphatic heterocycles. The van der Waals surface area contributed by atoms with Crippen molar-refractivity contribution in [3.63, 3.8) is 0 Å². The Labute approximate surface area is 85.5 Å². The van der Waals surface area contributed by atoms with Gasteiger partial charge < -0.3 is 0 Å². The van der Waals surface area contributed by atoms with Gasteiger partial charge in [-0.2, -0.15) is 0 Å². The summed E-state index contributed by atoms with van der Waals surface area (Å²) < 4.78 is 23.7. The molecule has 0 radical (unpaired) electrons. The first-order valence-corrected chi connectivity index (χ1v) is 5.10.